The fraction of sp³-hybridized carbons (Fsp3) is 0.391. The van der Waals surface area contributed by atoms with E-state index in [1.54, 1.807) is 49.6 Å². The Kier molecular flexibility index (Phi) is 6.97. The third kappa shape index (κ3) is 5.16. The molecular formula is C23H27N5O4. The number of nitrogens with one attached hydrogen (secondary N) is 1. The number of fused-ring (bicyclic) bond motifs is 1. The number of amides is 1. The van der Waals surface area contributed by atoms with E-state index in [-0.39, 0.29) is 24.0 Å². The minimum atomic E-state index is -0.920. The Hall–Kier alpha value is -3.62. The van der Waals surface area contributed by atoms with Gasteiger partial charge in [0.25, 0.3) is 5.78 Å². The Morgan fingerprint density at radius 2 is 1.78 bits per heavy atom. The topological polar surface area (TPSA) is 116 Å². The zero-order valence-electron chi connectivity index (χ0n) is 18.9. The number of hydrogen-bond acceptors (Lipinski definition) is 7. The summed E-state index contributed by atoms with van der Waals surface area (Å²) in [4.78, 5) is 45.2. The fourth-order valence-electron chi connectivity index (χ4n) is 3.29. The highest BCUT2D eigenvalue weighted by molar-refractivity contribution is 6.01. The van der Waals surface area contributed by atoms with Gasteiger partial charge in [-0.1, -0.05) is 13.8 Å². The lowest BCUT2D eigenvalue weighted by atomic mass is 10.1. The van der Waals surface area contributed by atoms with Gasteiger partial charge in [-0.2, -0.15) is 10.1 Å². The van der Waals surface area contributed by atoms with E-state index in [9.17, 15) is 14.4 Å². The Morgan fingerprint density at radius 3 is 2.44 bits per heavy atom. The van der Waals surface area contributed by atoms with Crippen LogP contribution >= 0.6 is 0 Å². The van der Waals surface area contributed by atoms with E-state index in [1.807, 2.05) is 13.8 Å². The fourth-order valence-corrected chi connectivity index (χ4v) is 3.29. The van der Waals surface area contributed by atoms with Crippen molar-refractivity contribution in [2.45, 2.75) is 53.6 Å². The quantitative estimate of drug-likeness (QED) is 0.425. The first kappa shape index (κ1) is 23.1. The van der Waals surface area contributed by atoms with Crippen molar-refractivity contribution < 1.29 is 19.1 Å². The molecule has 0 aliphatic rings. The zero-order chi connectivity index (χ0) is 23.4. The van der Waals surface area contributed by atoms with E-state index >= 15 is 0 Å². The lowest BCUT2D eigenvalue weighted by Crippen LogP contribution is -2.25. The predicted molar refractivity (Wildman–Crippen MR) is 118 cm³/mol. The zero-order valence-corrected chi connectivity index (χ0v) is 18.9. The van der Waals surface area contributed by atoms with Crippen LogP contribution in [-0.2, 0) is 20.7 Å². The highest BCUT2D eigenvalue weighted by atomic mass is 16.5. The number of carbonyl (C=O) groups is 3. The molecule has 1 aromatic carbocycles. The molecule has 0 saturated carbocycles. The van der Waals surface area contributed by atoms with Crippen LogP contribution in [0.4, 0.5) is 5.69 Å². The van der Waals surface area contributed by atoms with E-state index in [1.165, 1.54) is 6.33 Å². The number of aryl methyl sites for hydroxylation is 2. The van der Waals surface area contributed by atoms with Gasteiger partial charge >= 0.3 is 5.97 Å². The number of Topliss-reactive ketones (excluding diaryl/α,β-unsaturated/α-hetero) is 1. The van der Waals surface area contributed by atoms with Gasteiger partial charge in [0.05, 0.1) is 0 Å². The van der Waals surface area contributed by atoms with Crippen LogP contribution in [0.1, 0.15) is 54.5 Å². The molecule has 2 heterocycles. The second kappa shape index (κ2) is 9.67. The van der Waals surface area contributed by atoms with E-state index in [0.29, 0.717) is 23.4 Å². The second-order valence-corrected chi connectivity index (χ2v) is 7.95. The molecule has 1 atom stereocenters. The molecule has 1 N–H and O–H groups in total. The number of ether oxygens (including phenoxy) is 1. The number of carbonyl (C=O) groups excluding carboxylic acids is 3. The second-order valence-electron chi connectivity index (χ2n) is 7.95. The molecule has 0 aliphatic heterocycles. The summed E-state index contributed by atoms with van der Waals surface area (Å²) in [6, 6.07) is 6.52. The first-order valence-electron chi connectivity index (χ1n) is 10.5. The summed E-state index contributed by atoms with van der Waals surface area (Å²) in [6.07, 6.45) is 1.05. The summed E-state index contributed by atoms with van der Waals surface area (Å²) < 4.78 is 6.99. The third-order valence-electron chi connectivity index (χ3n) is 5.21. The number of rotatable bonds is 8. The number of aromatic nitrogens is 4. The number of ketones is 1. The van der Waals surface area contributed by atoms with Gasteiger partial charge in [-0.15, -0.1) is 0 Å². The number of nitrogens with zero attached hydrogens (tertiary/aromatic N) is 4. The molecule has 0 fully saturated rings. The monoisotopic (exact) mass is 437 g/mol. The number of benzene rings is 1. The molecule has 0 spiro atoms. The number of esters is 1. The SMILES string of the molecule is Cc1nc2ncnn2c(C)c1CCC(=O)OC(C)C(=O)c1ccc(NC(=O)C(C)C)cc1. The van der Waals surface area contributed by atoms with Crippen molar-refractivity contribution in [3.8, 4) is 0 Å². The first-order chi connectivity index (χ1) is 15.2. The van der Waals surface area contributed by atoms with Crippen LogP contribution in [0.5, 0.6) is 0 Å². The first-order valence-corrected chi connectivity index (χ1v) is 10.5. The number of anilines is 1. The van der Waals surface area contributed by atoms with Gasteiger partial charge in [0.2, 0.25) is 11.7 Å². The lowest BCUT2D eigenvalue weighted by molar-refractivity contribution is -0.146. The van der Waals surface area contributed by atoms with E-state index in [2.05, 4.69) is 20.4 Å². The van der Waals surface area contributed by atoms with Crippen LogP contribution in [0.25, 0.3) is 5.78 Å². The van der Waals surface area contributed by atoms with Crippen molar-refractivity contribution >= 4 is 29.1 Å². The summed E-state index contributed by atoms with van der Waals surface area (Å²) in [6.45, 7) is 8.91. The molecule has 2 aromatic heterocycles. The molecular weight excluding hydrogens is 410 g/mol. The molecule has 0 saturated heterocycles. The molecule has 9 nitrogen and oxygen atoms in total. The van der Waals surface area contributed by atoms with Gasteiger partial charge in [0.15, 0.2) is 6.10 Å². The summed E-state index contributed by atoms with van der Waals surface area (Å²) in [7, 11) is 0. The molecule has 1 amide bonds. The minimum absolute atomic E-state index is 0.102. The van der Waals surface area contributed by atoms with Gasteiger partial charge < -0.3 is 10.1 Å². The smallest absolute Gasteiger partial charge is 0.306 e. The predicted octanol–water partition coefficient (Wildman–Crippen LogP) is 3.08. The van der Waals surface area contributed by atoms with Gasteiger partial charge in [-0.05, 0) is 57.0 Å². The highest BCUT2D eigenvalue weighted by Gasteiger charge is 2.20. The molecule has 0 aliphatic carbocycles. The van der Waals surface area contributed by atoms with Crippen molar-refractivity contribution in [2.24, 2.45) is 5.92 Å². The van der Waals surface area contributed by atoms with Gasteiger partial charge in [0.1, 0.15) is 6.33 Å². The minimum Gasteiger partial charge on any atom is -0.454 e. The van der Waals surface area contributed by atoms with Gasteiger partial charge in [-0.25, -0.2) is 9.50 Å². The maximum absolute atomic E-state index is 12.6. The van der Waals surface area contributed by atoms with Crippen LogP contribution in [0.15, 0.2) is 30.6 Å². The normalized spacial score (nSPS) is 12.1. The van der Waals surface area contributed by atoms with Crippen molar-refractivity contribution in [2.75, 3.05) is 5.32 Å². The summed E-state index contributed by atoms with van der Waals surface area (Å²) in [5.74, 6) is -0.505. The van der Waals surface area contributed by atoms with Crippen molar-refractivity contribution in [3.63, 3.8) is 0 Å². The van der Waals surface area contributed by atoms with E-state index < -0.39 is 12.1 Å². The lowest BCUT2D eigenvalue weighted by Gasteiger charge is -2.14. The molecule has 0 radical (unpaired) electrons. The summed E-state index contributed by atoms with van der Waals surface area (Å²) in [5, 5.41) is 6.91. The van der Waals surface area contributed by atoms with Crippen molar-refractivity contribution in [1.82, 2.24) is 19.6 Å². The molecule has 1 unspecified atom stereocenters. The average Bonchev–Trinajstić information content (AvgIpc) is 3.22. The molecule has 9 heteroatoms. The number of hydrogen-bond donors (Lipinski definition) is 1. The molecule has 32 heavy (non-hydrogen) atoms. The van der Waals surface area contributed by atoms with E-state index in [4.69, 9.17) is 4.74 Å². The molecule has 3 rings (SSSR count). The summed E-state index contributed by atoms with van der Waals surface area (Å²) >= 11 is 0. The Morgan fingerprint density at radius 1 is 1.09 bits per heavy atom. The van der Waals surface area contributed by atoms with Crippen LogP contribution in [-0.4, -0.2) is 43.3 Å². The molecule has 0 bridgehead atoms. The highest BCUT2D eigenvalue weighted by Crippen LogP contribution is 2.17. The van der Waals surface area contributed by atoms with Crippen molar-refractivity contribution in [1.29, 1.82) is 0 Å². The molecule has 3 aromatic rings. The van der Waals surface area contributed by atoms with Gasteiger partial charge in [0, 0.05) is 35.0 Å². The molecule has 168 valence electrons. The van der Waals surface area contributed by atoms with Crippen LogP contribution in [0.2, 0.25) is 0 Å². The van der Waals surface area contributed by atoms with Gasteiger partial charge in [-0.3, -0.25) is 14.4 Å². The Bertz CT molecular complexity index is 1150. The Balaban J connectivity index is 1.57. The largest absolute Gasteiger partial charge is 0.454 e. The van der Waals surface area contributed by atoms with Crippen LogP contribution in [0, 0.1) is 19.8 Å². The van der Waals surface area contributed by atoms with Crippen LogP contribution < -0.4 is 5.32 Å². The summed E-state index contributed by atoms with van der Waals surface area (Å²) in [5.41, 5.74) is 3.56. The third-order valence-corrected chi connectivity index (χ3v) is 5.21. The van der Waals surface area contributed by atoms with Crippen LogP contribution in [0.3, 0.4) is 0 Å². The van der Waals surface area contributed by atoms with Crippen molar-refractivity contribution in [3.05, 3.63) is 53.1 Å². The standard InChI is InChI=1S/C23H27N5O4/c1-13(2)22(31)27-18-8-6-17(7-9-18)21(30)16(5)32-20(29)11-10-19-14(3)26-23-24-12-25-28(23)15(19)4/h6-9,12-13,16H,10-11H2,1-5H3,(H,27,31). The Labute approximate surface area is 186 Å². The maximum atomic E-state index is 12.6. The maximum Gasteiger partial charge on any atom is 0.306 e. The van der Waals surface area contributed by atoms with E-state index in [0.717, 1.165) is 17.0 Å². The average molecular weight is 438 g/mol.